The predicted molar refractivity (Wildman–Crippen MR) is 115 cm³/mol. The summed E-state index contributed by atoms with van der Waals surface area (Å²) in [4.78, 5) is 24.2. The van der Waals surface area contributed by atoms with Gasteiger partial charge in [-0.3, -0.25) is 4.79 Å². The summed E-state index contributed by atoms with van der Waals surface area (Å²) in [6.45, 7) is 1.72. The van der Waals surface area contributed by atoms with E-state index in [9.17, 15) is 9.59 Å². The van der Waals surface area contributed by atoms with Gasteiger partial charge in [0.15, 0.2) is 0 Å². The van der Waals surface area contributed by atoms with Gasteiger partial charge in [-0.15, -0.1) is 0 Å². The highest BCUT2D eigenvalue weighted by molar-refractivity contribution is 5.96. The molecule has 0 radical (unpaired) electrons. The first-order valence-corrected chi connectivity index (χ1v) is 9.45. The second-order valence-electron chi connectivity index (χ2n) is 6.50. The monoisotopic (exact) mass is 402 g/mol. The van der Waals surface area contributed by atoms with E-state index < -0.39 is 12.1 Å². The van der Waals surface area contributed by atoms with Crippen molar-refractivity contribution in [1.82, 2.24) is 5.32 Å². The number of nitrogens with one attached hydrogen (secondary N) is 2. The maximum atomic E-state index is 12.3. The molecule has 30 heavy (non-hydrogen) atoms. The Labute approximate surface area is 174 Å². The zero-order valence-corrected chi connectivity index (χ0v) is 16.5. The first kappa shape index (κ1) is 20.7. The fourth-order valence-electron chi connectivity index (χ4n) is 2.48. The normalized spacial score (nSPS) is 11.6. The standard InChI is InChI=1S/C23H22N4O3/c1-17(24-23(29)30-16-18-8-4-2-5-9-18)22(28)25-19-12-14-21(15-13-19)27-26-20-10-6-3-7-11-20/h2-15,17H,16H2,1H3,(H,24,29)(H,25,28)/t17-/m0/s1. The van der Waals surface area contributed by atoms with Gasteiger partial charge in [0.2, 0.25) is 5.91 Å². The largest absolute Gasteiger partial charge is 0.445 e. The van der Waals surface area contributed by atoms with Crippen LogP contribution in [0.2, 0.25) is 0 Å². The van der Waals surface area contributed by atoms with E-state index in [2.05, 4.69) is 20.9 Å². The Morgan fingerprint density at radius 2 is 1.40 bits per heavy atom. The van der Waals surface area contributed by atoms with Gasteiger partial charge in [-0.05, 0) is 48.9 Å². The maximum absolute atomic E-state index is 12.3. The molecule has 0 bridgehead atoms. The summed E-state index contributed by atoms with van der Waals surface area (Å²) in [5.41, 5.74) is 2.88. The lowest BCUT2D eigenvalue weighted by atomic mass is 10.2. The Morgan fingerprint density at radius 1 is 0.833 bits per heavy atom. The van der Waals surface area contributed by atoms with Crippen molar-refractivity contribution in [2.45, 2.75) is 19.6 Å². The number of azo groups is 1. The van der Waals surface area contributed by atoms with Crippen LogP contribution in [0.4, 0.5) is 21.9 Å². The fourth-order valence-corrected chi connectivity index (χ4v) is 2.48. The minimum Gasteiger partial charge on any atom is -0.445 e. The van der Waals surface area contributed by atoms with Gasteiger partial charge in [-0.1, -0.05) is 48.5 Å². The number of rotatable bonds is 7. The molecule has 152 valence electrons. The number of alkyl carbamates (subject to hydrolysis) is 1. The Hall–Kier alpha value is -4.00. The highest BCUT2D eigenvalue weighted by Gasteiger charge is 2.16. The highest BCUT2D eigenvalue weighted by atomic mass is 16.5. The molecule has 3 aromatic rings. The first-order valence-electron chi connectivity index (χ1n) is 9.45. The minimum absolute atomic E-state index is 0.139. The van der Waals surface area contributed by atoms with Crippen molar-refractivity contribution < 1.29 is 14.3 Å². The quantitative estimate of drug-likeness (QED) is 0.521. The van der Waals surface area contributed by atoms with Crippen molar-refractivity contribution in [3.05, 3.63) is 90.5 Å². The molecule has 0 aromatic heterocycles. The molecular formula is C23H22N4O3. The van der Waals surface area contributed by atoms with Crippen LogP contribution in [0.15, 0.2) is 95.2 Å². The summed E-state index contributed by atoms with van der Waals surface area (Å²) < 4.78 is 5.13. The zero-order valence-electron chi connectivity index (χ0n) is 16.5. The Bertz CT molecular complexity index is 990. The lowest BCUT2D eigenvalue weighted by Crippen LogP contribution is -2.41. The second kappa shape index (κ2) is 10.5. The van der Waals surface area contributed by atoms with Gasteiger partial charge < -0.3 is 15.4 Å². The van der Waals surface area contributed by atoms with Crippen LogP contribution in [0.3, 0.4) is 0 Å². The van der Waals surface area contributed by atoms with E-state index in [0.29, 0.717) is 11.4 Å². The maximum Gasteiger partial charge on any atom is 0.408 e. The number of nitrogens with zero attached hydrogens (tertiary/aromatic N) is 2. The summed E-state index contributed by atoms with van der Waals surface area (Å²) in [5, 5.41) is 13.6. The third-order valence-corrected chi connectivity index (χ3v) is 4.11. The molecule has 2 N–H and O–H groups in total. The molecule has 0 aliphatic carbocycles. The number of carbonyl (C=O) groups is 2. The average Bonchev–Trinajstić information content (AvgIpc) is 2.78. The summed E-state index contributed by atoms with van der Waals surface area (Å²) in [6.07, 6.45) is -0.654. The number of ether oxygens (including phenoxy) is 1. The molecule has 0 aliphatic rings. The fraction of sp³-hybridized carbons (Fsp3) is 0.130. The third kappa shape index (κ3) is 6.56. The SMILES string of the molecule is C[C@H](NC(=O)OCc1ccccc1)C(=O)Nc1ccc(N=Nc2ccccc2)cc1. The van der Waals surface area contributed by atoms with E-state index in [4.69, 9.17) is 4.74 Å². The molecule has 7 heteroatoms. The number of benzene rings is 3. The van der Waals surface area contributed by atoms with Crippen molar-refractivity contribution in [3.8, 4) is 0 Å². The van der Waals surface area contributed by atoms with Crippen molar-refractivity contribution >= 4 is 29.1 Å². The lowest BCUT2D eigenvalue weighted by molar-refractivity contribution is -0.117. The number of anilines is 1. The van der Waals surface area contributed by atoms with Crippen molar-refractivity contribution in [2.24, 2.45) is 10.2 Å². The van der Waals surface area contributed by atoms with Crippen LogP contribution in [-0.2, 0) is 16.1 Å². The molecule has 0 aliphatic heterocycles. The predicted octanol–water partition coefficient (Wildman–Crippen LogP) is 5.36. The molecule has 7 nitrogen and oxygen atoms in total. The number of hydrogen-bond donors (Lipinski definition) is 2. The smallest absolute Gasteiger partial charge is 0.408 e. The van der Waals surface area contributed by atoms with Gasteiger partial charge >= 0.3 is 6.09 Å². The molecule has 2 amide bonds. The van der Waals surface area contributed by atoms with Crippen LogP contribution in [-0.4, -0.2) is 18.0 Å². The van der Waals surface area contributed by atoms with Gasteiger partial charge in [0, 0.05) is 5.69 Å². The van der Waals surface area contributed by atoms with Gasteiger partial charge in [0.1, 0.15) is 12.6 Å². The van der Waals surface area contributed by atoms with Gasteiger partial charge in [-0.25, -0.2) is 4.79 Å². The number of hydrogen-bond acceptors (Lipinski definition) is 5. The second-order valence-corrected chi connectivity index (χ2v) is 6.50. The van der Waals surface area contributed by atoms with Crippen LogP contribution in [0.5, 0.6) is 0 Å². The molecule has 0 spiro atoms. The van der Waals surface area contributed by atoms with Crippen molar-refractivity contribution in [3.63, 3.8) is 0 Å². The van der Waals surface area contributed by atoms with E-state index in [1.54, 1.807) is 31.2 Å². The summed E-state index contributed by atoms with van der Waals surface area (Å²) in [5.74, 6) is -0.356. The Morgan fingerprint density at radius 3 is 2.03 bits per heavy atom. The molecule has 0 saturated heterocycles. The van der Waals surface area contributed by atoms with E-state index in [1.165, 1.54) is 0 Å². The van der Waals surface area contributed by atoms with Gasteiger partial charge in [0.25, 0.3) is 0 Å². The van der Waals surface area contributed by atoms with Gasteiger partial charge in [-0.2, -0.15) is 10.2 Å². The summed E-state index contributed by atoms with van der Waals surface area (Å²) in [6, 6.07) is 24.9. The lowest BCUT2D eigenvalue weighted by Gasteiger charge is -2.14. The van der Waals surface area contributed by atoms with E-state index in [-0.39, 0.29) is 12.5 Å². The molecule has 0 heterocycles. The van der Waals surface area contributed by atoms with Crippen LogP contribution in [0.25, 0.3) is 0 Å². The minimum atomic E-state index is -0.759. The van der Waals surface area contributed by atoms with Crippen LogP contribution < -0.4 is 10.6 Å². The molecule has 0 fully saturated rings. The van der Waals surface area contributed by atoms with Crippen LogP contribution in [0.1, 0.15) is 12.5 Å². The molecule has 0 saturated carbocycles. The Kier molecular flexibility index (Phi) is 7.27. The summed E-state index contributed by atoms with van der Waals surface area (Å²) in [7, 11) is 0. The molecule has 3 rings (SSSR count). The molecule has 0 unspecified atom stereocenters. The zero-order chi connectivity index (χ0) is 21.2. The van der Waals surface area contributed by atoms with Crippen molar-refractivity contribution in [1.29, 1.82) is 0 Å². The van der Waals surface area contributed by atoms with E-state index in [0.717, 1.165) is 11.3 Å². The Balaban J connectivity index is 1.46. The molecule has 3 aromatic carbocycles. The van der Waals surface area contributed by atoms with Crippen LogP contribution in [0, 0.1) is 0 Å². The van der Waals surface area contributed by atoms with E-state index in [1.807, 2.05) is 60.7 Å². The average molecular weight is 402 g/mol. The summed E-state index contributed by atoms with van der Waals surface area (Å²) >= 11 is 0. The van der Waals surface area contributed by atoms with Crippen molar-refractivity contribution in [2.75, 3.05) is 5.32 Å². The van der Waals surface area contributed by atoms with E-state index >= 15 is 0 Å². The molecular weight excluding hydrogens is 380 g/mol. The first-order chi connectivity index (χ1) is 14.6. The third-order valence-electron chi connectivity index (χ3n) is 4.11. The topological polar surface area (TPSA) is 92.1 Å². The van der Waals surface area contributed by atoms with Crippen LogP contribution >= 0.6 is 0 Å². The number of amides is 2. The van der Waals surface area contributed by atoms with Gasteiger partial charge in [0.05, 0.1) is 11.4 Å². The highest BCUT2D eigenvalue weighted by Crippen LogP contribution is 2.20. The molecule has 1 atom stereocenters. The number of carbonyl (C=O) groups excluding carboxylic acids is 2.